The molecule has 0 spiro atoms. The molecule has 106 valence electrons. The number of benzene rings is 1. The van der Waals surface area contributed by atoms with E-state index >= 15 is 0 Å². The van der Waals surface area contributed by atoms with Crippen LogP contribution in [-0.4, -0.2) is 9.55 Å². The Hall–Kier alpha value is -1.78. The van der Waals surface area contributed by atoms with Crippen LogP contribution in [0.5, 0.6) is 0 Å². The highest BCUT2D eigenvalue weighted by Gasteiger charge is 2.12. The number of hydrogen-bond acceptors (Lipinski definition) is 2. The maximum Gasteiger partial charge on any atom is 0.147 e. The summed E-state index contributed by atoms with van der Waals surface area (Å²) in [5, 5.41) is 0.906. The third kappa shape index (κ3) is 3.12. The lowest BCUT2D eigenvalue weighted by Gasteiger charge is -2.09. The van der Waals surface area contributed by atoms with Crippen LogP contribution in [0, 0.1) is 5.82 Å². The van der Waals surface area contributed by atoms with Gasteiger partial charge in [0, 0.05) is 29.4 Å². The van der Waals surface area contributed by atoms with E-state index in [-0.39, 0.29) is 5.82 Å². The van der Waals surface area contributed by atoms with Crippen LogP contribution in [0.4, 0.5) is 4.39 Å². The summed E-state index contributed by atoms with van der Waals surface area (Å²) in [6.07, 6.45) is 5.37. The van der Waals surface area contributed by atoms with Gasteiger partial charge in [-0.2, -0.15) is 0 Å². The Morgan fingerprint density at radius 2 is 2.05 bits per heavy atom. The summed E-state index contributed by atoms with van der Waals surface area (Å²) in [5.41, 5.74) is 1.46. The predicted octanol–water partition coefficient (Wildman–Crippen LogP) is 4.90. The molecule has 0 aliphatic heterocycles. The summed E-state index contributed by atoms with van der Waals surface area (Å²) in [7, 11) is 0. The highest BCUT2D eigenvalue weighted by molar-refractivity contribution is 7.99. The fraction of sp³-hybridized carbons (Fsp3) is 0.0625. The molecular weight excluding hydrogens is 307 g/mol. The molecule has 0 N–H and O–H groups in total. The van der Waals surface area contributed by atoms with Gasteiger partial charge in [0.25, 0.3) is 0 Å². The molecule has 3 aromatic rings. The minimum Gasteiger partial charge on any atom is -0.308 e. The lowest BCUT2D eigenvalue weighted by atomic mass is 10.3. The highest BCUT2D eigenvalue weighted by Crippen LogP contribution is 2.32. The number of alkyl halides is 1. The summed E-state index contributed by atoms with van der Waals surface area (Å²) in [5.74, 6) is 0.129. The Morgan fingerprint density at radius 1 is 1.19 bits per heavy atom. The second-order valence-corrected chi connectivity index (χ2v) is 5.79. The molecule has 0 atom stereocenters. The van der Waals surface area contributed by atoms with E-state index in [0.29, 0.717) is 11.6 Å². The third-order valence-electron chi connectivity index (χ3n) is 2.96. The van der Waals surface area contributed by atoms with E-state index in [1.54, 1.807) is 24.5 Å². The molecule has 0 unspecified atom stereocenters. The van der Waals surface area contributed by atoms with Crippen molar-refractivity contribution in [3.05, 3.63) is 72.4 Å². The zero-order chi connectivity index (χ0) is 14.7. The van der Waals surface area contributed by atoms with Crippen molar-refractivity contribution in [3.63, 3.8) is 0 Å². The average molecular weight is 319 g/mol. The van der Waals surface area contributed by atoms with E-state index in [1.807, 2.05) is 35.0 Å². The van der Waals surface area contributed by atoms with Crippen LogP contribution < -0.4 is 0 Å². The van der Waals surface area contributed by atoms with Gasteiger partial charge in [-0.25, -0.2) is 4.39 Å². The molecule has 0 radical (unpaired) electrons. The fourth-order valence-electron chi connectivity index (χ4n) is 2.01. The van der Waals surface area contributed by atoms with Gasteiger partial charge in [-0.05, 0) is 35.9 Å². The van der Waals surface area contributed by atoms with Crippen LogP contribution in [0.25, 0.3) is 5.69 Å². The number of aromatic nitrogens is 2. The van der Waals surface area contributed by atoms with Crippen LogP contribution in [0.3, 0.4) is 0 Å². The SMILES string of the molecule is Fc1ccccc1-n1cc(CCl)cc1Sc1cccnc1. The Morgan fingerprint density at radius 3 is 2.76 bits per heavy atom. The Bertz CT molecular complexity index is 743. The van der Waals surface area contributed by atoms with E-state index in [1.165, 1.54) is 17.8 Å². The molecule has 21 heavy (non-hydrogen) atoms. The van der Waals surface area contributed by atoms with Gasteiger partial charge in [-0.1, -0.05) is 23.9 Å². The van der Waals surface area contributed by atoms with Crippen LogP contribution >= 0.6 is 23.4 Å². The van der Waals surface area contributed by atoms with Crippen molar-refractivity contribution in [1.82, 2.24) is 9.55 Å². The number of halogens is 2. The highest BCUT2D eigenvalue weighted by atomic mass is 35.5. The zero-order valence-corrected chi connectivity index (χ0v) is 12.6. The van der Waals surface area contributed by atoms with Crippen molar-refractivity contribution in [2.45, 2.75) is 15.8 Å². The first kappa shape index (κ1) is 14.2. The molecule has 1 aromatic carbocycles. The molecule has 0 amide bonds. The van der Waals surface area contributed by atoms with Gasteiger partial charge >= 0.3 is 0 Å². The molecule has 0 saturated carbocycles. The lowest BCUT2D eigenvalue weighted by Crippen LogP contribution is -1.97. The molecule has 2 heterocycles. The van der Waals surface area contributed by atoms with E-state index < -0.39 is 0 Å². The van der Waals surface area contributed by atoms with Crippen molar-refractivity contribution in [2.75, 3.05) is 0 Å². The summed E-state index contributed by atoms with van der Waals surface area (Å²) < 4.78 is 15.9. The second kappa shape index (κ2) is 6.33. The van der Waals surface area contributed by atoms with Crippen LogP contribution in [-0.2, 0) is 5.88 Å². The minimum atomic E-state index is -0.262. The van der Waals surface area contributed by atoms with Gasteiger partial charge in [-0.15, -0.1) is 11.6 Å². The number of nitrogens with zero attached hydrogens (tertiary/aromatic N) is 2. The maximum atomic E-state index is 14.0. The van der Waals surface area contributed by atoms with E-state index in [2.05, 4.69) is 4.98 Å². The standard InChI is InChI=1S/C16H12ClFN2S/c17-9-12-8-16(21-13-4-3-7-19-10-13)20(11-12)15-6-2-1-5-14(15)18/h1-8,10-11H,9H2. The van der Waals surface area contributed by atoms with Gasteiger partial charge < -0.3 is 4.57 Å². The van der Waals surface area contributed by atoms with Crippen LogP contribution in [0.2, 0.25) is 0 Å². The second-order valence-electron chi connectivity index (χ2n) is 4.43. The van der Waals surface area contributed by atoms with Crippen molar-refractivity contribution in [2.24, 2.45) is 0 Å². The molecule has 0 saturated heterocycles. The molecule has 0 aliphatic rings. The molecule has 2 nitrogen and oxygen atoms in total. The average Bonchev–Trinajstić information content (AvgIpc) is 2.92. The first-order valence-corrected chi connectivity index (χ1v) is 7.73. The van der Waals surface area contributed by atoms with Gasteiger partial charge in [-0.3, -0.25) is 4.98 Å². The first-order chi connectivity index (χ1) is 10.3. The molecule has 2 aromatic heterocycles. The normalized spacial score (nSPS) is 10.8. The maximum absolute atomic E-state index is 14.0. The number of pyridine rings is 1. The van der Waals surface area contributed by atoms with E-state index in [9.17, 15) is 4.39 Å². The Balaban J connectivity index is 2.04. The van der Waals surface area contributed by atoms with Crippen molar-refractivity contribution >= 4 is 23.4 Å². The Kier molecular flexibility index (Phi) is 4.27. The first-order valence-electron chi connectivity index (χ1n) is 6.38. The smallest absolute Gasteiger partial charge is 0.147 e. The lowest BCUT2D eigenvalue weighted by molar-refractivity contribution is 0.614. The minimum absolute atomic E-state index is 0.262. The van der Waals surface area contributed by atoms with E-state index in [4.69, 9.17) is 11.6 Å². The topological polar surface area (TPSA) is 17.8 Å². The monoisotopic (exact) mass is 318 g/mol. The van der Waals surface area contributed by atoms with Gasteiger partial charge in [0.1, 0.15) is 5.82 Å². The summed E-state index contributed by atoms with van der Waals surface area (Å²) in [6.45, 7) is 0. The predicted molar refractivity (Wildman–Crippen MR) is 83.6 cm³/mol. The molecule has 0 bridgehead atoms. The molecule has 0 aliphatic carbocycles. The van der Waals surface area contributed by atoms with Gasteiger partial charge in [0.15, 0.2) is 0 Å². The fourth-order valence-corrected chi connectivity index (χ4v) is 3.12. The van der Waals surface area contributed by atoms with E-state index in [0.717, 1.165) is 15.5 Å². The summed E-state index contributed by atoms with van der Waals surface area (Å²) >= 11 is 7.44. The molecule has 3 rings (SSSR count). The van der Waals surface area contributed by atoms with Gasteiger partial charge in [0.2, 0.25) is 0 Å². The largest absolute Gasteiger partial charge is 0.308 e. The van der Waals surface area contributed by atoms with Crippen LogP contribution in [0.1, 0.15) is 5.56 Å². The number of rotatable bonds is 4. The molecule has 0 fully saturated rings. The number of para-hydroxylation sites is 1. The van der Waals surface area contributed by atoms with Crippen molar-refractivity contribution in [3.8, 4) is 5.69 Å². The molecule has 5 heteroatoms. The molecular formula is C16H12ClFN2S. The van der Waals surface area contributed by atoms with Gasteiger partial charge in [0.05, 0.1) is 10.7 Å². The Labute approximate surface area is 131 Å². The van der Waals surface area contributed by atoms with Crippen molar-refractivity contribution in [1.29, 1.82) is 0 Å². The number of hydrogen-bond donors (Lipinski definition) is 0. The summed E-state index contributed by atoms with van der Waals surface area (Å²) in [6, 6.07) is 12.5. The quantitative estimate of drug-likeness (QED) is 0.637. The van der Waals surface area contributed by atoms with Crippen LogP contribution in [0.15, 0.2) is 71.0 Å². The third-order valence-corrected chi connectivity index (χ3v) is 4.27. The van der Waals surface area contributed by atoms with Crippen molar-refractivity contribution < 1.29 is 4.39 Å². The summed E-state index contributed by atoms with van der Waals surface area (Å²) in [4.78, 5) is 5.09. The zero-order valence-electron chi connectivity index (χ0n) is 11.0.